The first kappa shape index (κ1) is 25.9. The molecule has 7 nitrogen and oxygen atoms in total. The van der Waals surface area contributed by atoms with E-state index in [2.05, 4.69) is 24.3 Å². The third-order valence-electron chi connectivity index (χ3n) is 7.65. The highest BCUT2D eigenvalue weighted by molar-refractivity contribution is 5.94. The standard InChI is InChI=1S/C29H37N3O4/c30-28(31)23-10-8-21(9-11-23)22-12-14-26(15-13-22)36-19-25-17-24(18-27(33)34)29(35)32(25)16-4-7-20-5-2-1-3-6-20/h1-3,5-6,8-11,22,24-26H,4,7,12-19H2,(H3,30,31)(H,33,34)/t22?,24-,25-,26?/m0/s1. The minimum atomic E-state index is -0.922. The van der Waals surface area contributed by atoms with E-state index in [1.54, 1.807) is 0 Å². The normalized spacial score (nSPS) is 24.1. The van der Waals surface area contributed by atoms with Crippen molar-refractivity contribution in [3.8, 4) is 0 Å². The molecule has 2 atom stereocenters. The first-order valence-electron chi connectivity index (χ1n) is 13.0. The lowest BCUT2D eigenvalue weighted by Gasteiger charge is -2.31. The monoisotopic (exact) mass is 491 g/mol. The lowest BCUT2D eigenvalue weighted by Crippen LogP contribution is -2.39. The van der Waals surface area contributed by atoms with Crippen LogP contribution in [0.1, 0.15) is 67.6 Å². The summed E-state index contributed by atoms with van der Waals surface area (Å²) in [5, 5.41) is 16.8. The zero-order chi connectivity index (χ0) is 25.5. The number of rotatable bonds is 11. The Labute approximate surface area is 213 Å². The van der Waals surface area contributed by atoms with Crippen molar-refractivity contribution in [3.63, 3.8) is 0 Å². The molecule has 0 spiro atoms. The number of nitrogens with zero attached hydrogens (tertiary/aromatic N) is 1. The van der Waals surface area contributed by atoms with Gasteiger partial charge in [0.05, 0.1) is 31.1 Å². The van der Waals surface area contributed by atoms with Crippen molar-refractivity contribution in [3.05, 3.63) is 71.3 Å². The molecule has 1 saturated heterocycles. The van der Waals surface area contributed by atoms with Gasteiger partial charge in [-0.2, -0.15) is 0 Å². The summed E-state index contributed by atoms with van der Waals surface area (Å²) in [5.41, 5.74) is 8.83. The molecule has 0 unspecified atom stereocenters. The number of nitrogens with two attached hydrogens (primary N) is 1. The highest BCUT2D eigenvalue weighted by atomic mass is 16.5. The summed E-state index contributed by atoms with van der Waals surface area (Å²) in [4.78, 5) is 26.2. The van der Waals surface area contributed by atoms with Crippen molar-refractivity contribution in [2.24, 2.45) is 11.7 Å². The maximum atomic E-state index is 13.0. The molecule has 2 aromatic carbocycles. The molecular formula is C29H37N3O4. The molecule has 1 heterocycles. The van der Waals surface area contributed by atoms with Crippen LogP contribution in [0.4, 0.5) is 0 Å². The number of carboxylic acid groups (broad SMARTS) is 1. The Hall–Kier alpha value is -3.19. The van der Waals surface area contributed by atoms with Crippen LogP contribution in [-0.4, -0.2) is 53.0 Å². The number of nitrogens with one attached hydrogen (secondary N) is 1. The van der Waals surface area contributed by atoms with Crippen molar-refractivity contribution in [1.29, 1.82) is 5.41 Å². The number of nitrogen functional groups attached to an aromatic ring is 1. The summed E-state index contributed by atoms with van der Waals surface area (Å²) in [7, 11) is 0. The average Bonchev–Trinajstić information content (AvgIpc) is 3.17. The highest BCUT2D eigenvalue weighted by Gasteiger charge is 2.40. The Morgan fingerprint density at radius 3 is 2.39 bits per heavy atom. The number of carbonyl (C=O) groups is 2. The fourth-order valence-corrected chi connectivity index (χ4v) is 5.65. The Kier molecular flexibility index (Phi) is 8.75. The van der Waals surface area contributed by atoms with E-state index < -0.39 is 11.9 Å². The van der Waals surface area contributed by atoms with E-state index in [9.17, 15) is 14.7 Å². The summed E-state index contributed by atoms with van der Waals surface area (Å²) in [6.07, 6.45) is 6.34. The predicted molar refractivity (Wildman–Crippen MR) is 139 cm³/mol. The van der Waals surface area contributed by atoms with Crippen LogP contribution in [0.5, 0.6) is 0 Å². The molecule has 0 bridgehead atoms. The number of likely N-dealkylation sites (tertiary alicyclic amines) is 1. The zero-order valence-electron chi connectivity index (χ0n) is 20.8. The number of hydrogen-bond acceptors (Lipinski definition) is 4. The van der Waals surface area contributed by atoms with Crippen LogP contribution in [0.15, 0.2) is 54.6 Å². The molecule has 1 amide bonds. The molecule has 7 heteroatoms. The minimum Gasteiger partial charge on any atom is -0.481 e. The minimum absolute atomic E-state index is 0.0447. The van der Waals surface area contributed by atoms with E-state index in [1.807, 2.05) is 35.2 Å². The van der Waals surface area contributed by atoms with Gasteiger partial charge in [-0.3, -0.25) is 15.0 Å². The largest absolute Gasteiger partial charge is 0.481 e. The number of carbonyl (C=O) groups excluding carboxylic acids is 1. The van der Waals surface area contributed by atoms with Gasteiger partial charge in [0.25, 0.3) is 0 Å². The Morgan fingerprint density at radius 1 is 1.06 bits per heavy atom. The van der Waals surface area contributed by atoms with Gasteiger partial charge in [0.15, 0.2) is 0 Å². The molecule has 2 aromatic rings. The first-order valence-corrected chi connectivity index (χ1v) is 13.0. The van der Waals surface area contributed by atoms with Gasteiger partial charge in [-0.05, 0) is 62.0 Å². The SMILES string of the molecule is N=C(N)c1ccc(C2CCC(OC[C@@H]3C[C@@H](CC(=O)O)C(=O)N3CCCc3ccccc3)CC2)cc1. The molecule has 0 radical (unpaired) electrons. The molecule has 4 rings (SSSR count). The number of amides is 1. The first-order chi connectivity index (χ1) is 17.4. The van der Waals surface area contributed by atoms with Gasteiger partial charge in [0.1, 0.15) is 5.84 Å². The Balaban J connectivity index is 1.28. The third-order valence-corrected chi connectivity index (χ3v) is 7.65. The fraction of sp³-hybridized carbons (Fsp3) is 0.483. The summed E-state index contributed by atoms with van der Waals surface area (Å²) in [5.74, 6) is -0.857. The van der Waals surface area contributed by atoms with Crippen molar-refractivity contribution in [2.75, 3.05) is 13.2 Å². The van der Waals surface area contributed by atoms with Crippen molar-refractivity contribution in [1.82, 2.24) is 4.90 Å². The number of aliphatic carboxylic acids is 1. The smallest absolute Gasteiger partial charge is 0.304 e. The number of ether oxygens (including phenoxy) is 1. The van der Waals surface area contributed by atoms with Crippen molar-refractivity contribution in [2.45, 2.75) is 69.4 Å². The molecule has 4 N–H and O–H groups in total. The van der Waals surface area contributed by atoms with E-state index >= 15 is 0 Å². The van der Waals surface area contributed by atoms with Crippen LogP contribution in [0.2, 0.25) is 0 Å². The van der Waals surface area contributed by atoms with Gasteiger partial charge in [-0.15, -0.1) is 0 Å². The second-order valence-corrected chi connectivity index (χ2v) is 10.1. The molecule has 0 aromatic heterocycles. The van der Waals surface area contributed by atoms with E-state index in [0.717, 1.165) is 44.1 Å². The van der Waals surface area contributed by atoms with Crippen LogP contribution in [-0.2, 0) is 20.7 Å². The van der Waals surface area contributed by atoms with Crippen molar-refractivity contribution < 1.29 is 19.4 Å². The van der Waals surface area contributed by atoms with Crippen LogP contribution in [0.25, 0.3) is 0 Å². The van der Waals surface area contributed by atoms with Gasteiger partial charge >= 0.3 is 5.97 Å². The molecular weight excluding hydrogens is 454 g/mol. The molecule has 1 aliphatic carbocycles. The van der Waals surface area contributed by atoms with Crippen LogP contribution >= 0.6 is 0 Å². The average molecular weight is 492 g/mol. The Morgan fingerprint density at radius 2 is 1.75 bits per heavy atom. The van der Waals surface area contributed by atoms with Gasteiger partial charge in [0.2, 0.25) is 5.91 Å². The summed E-state index contributed by atoms with van der Waals surface area (Å²) >= 11 is 0. The molecule has 1 aliphatic heterocycles. The van der Waals surface area contributed by atoms with Crippen LogP contribution < -0.4 is 5.73 Å². The van der Waals surface area contributed by atoms with Crippen LogP contribution in [0, 0.1) is 11.3 Å². The van der Waals surface area contributed by atoms with Gasteiger partial charge in [-0.25, -0.2) is 0 Å². The summed E-state index contributed by atoms with van der Waals surface area (Å²) in [6.45, 7) is 1.09. The number of amidine groups is 1. The predicted octanol–water partition coefficient (Wildman–Crippen LogP) is 4.34. The molecule has 192 valence electrons. The van der Waals surface area contributed by atoms with Crippen molar-refractivity contribution >= 4 is 17.7 Å². The van der Waals surface area contributed by atoms with Gasteiger partial charge < -0.3 is 20.5 Å². The second-order valence-electron chi connectivity index (χ2n) is 10.1. The lowest BCUT2D eigenvalue weighted by molar-refractivity contribution is -0.142. The summed E-state index contributed by atoms with van der Waals surface area (Å²) in [6, 6.07) is 18.1. The number of benzene rings is 2. The van der Waals surface area contributed by atoms with E-state index in [-0.39, 0.29) is 30.3 Å². The zero-order valence-corrected chi connectivity index (χ0v) is 20.8. The molecule has 2 aliphatic rings. The molecule has 1 saturated carbocycles. The highest BCUT2D eigenvalue weighted by Crippen LogP contribution is 2.35. The Bertz CT molecular complexity index is 1030. The van der Waals surface area contributed by atoms with E-state index in [4.69, 9.17) is 15.9 Å². The number of aryl methyl sites for hydroxylation is 1. The maximum Gasteiger partial charge on any atom is 0.304 e. The lowest BCUT2D eigenvalue weighted by atomic mass is 9.82. The quantitative estimate of drug-likeness (QED) is 0.319. The van der Waals surface area contributed by atoms with Crippen LogP contribution in [0.3, 0.4) is 0 Å². The van der Waals surface area contributed by atoms with E-state index in [0.29, 0.717) is 25.5 Å². The molecule has 2 fully saturated rings. The van der Waals surface area contributed by atoms with Gasteiger partial charge in [-0.1, -0.05) is 54.6 Å². The molecule has 36 heavy (non-hydrogen) atoms. The number of carboxylic acids is 1. The van der Waals surface area contributed by atoms with Gasteiger partial charge in [0, 0.05) is 12.1 Å². The topological polar surface area (TPSA) is 117 Å². The third kappa shape index (κ3) is 6.72. The fourth-order valence-electron chi connectivity index (χ4n) is 5.65. The number of hydrogen-bond donors (Lipinski definition) is 3. The van der Waals surface area contributed by atoms with E-state index in [1.165, 1.54) is 11.1 Å². The second kappa shape index (κ2) is 12.2. The summed E-state index contributed by atoms with van der Waals surface area (Å²) < 4.78 is 6.31. The maximum absolute atomic E-state index is 13.0.